The average molecular weight is 329 g/mol. The van der Waals surface area contributed by atoms with Crippen molar-refractivity contribution in [1.29, 1.82) is 0 Å². The van der Waals surface area contributed by atoms with Gasteiger partial charge in [-0.2, -0.15) is 0 Å². The van der Waals surface area contributed by atoms with E-state index in [1.54, 1.807) is 0 Å². The molecule has 1 aliphatic heterocycles. The molecule has 0 bridgehead atoms. The second-order valence-electron chi connectivity index (χ2n) is 6.43. The molecular formula is C18H23N3O3. The molecule has 2 atom stereocenters. The second-order valence-corrected chi connectivity index (χ2v) is 6.43. The molecule has 128 valence electrons. The van der Waals surface area contributed by atoms with Gasteiger partial charge in [0.05, 0.1) is 17.3 Å². The van der Waals surface area contributed by atoms with Gasteiger partial charge >= 0.3 is 6.09 Å². The summed E-state index contributed by atoms with van der Waals surface area (Å²) in [5.41, 5.74) is 3.56. The van der Waals surface area contributed by atoms with Gasteiger partial charge in [0.2, 0.25) is 0 Å². The van der Waals surface area contributed by atoms with Crippen molar-refractivity contribution in [3.8, 4) is 0 Å². The first-order valence-corrected chi connectivity index (χ1v) is 8.20. The molecule has 6 nitrogen and oxygen atoms in total. The molecule has 6 heteroatoms. The normalized spacial score (nSPS) is 21.2. The first kappa shape index (κ1) is 16.4. The van der Waals surface area contributed by atoms with E-state index in [2.05, 4.69) is 29.6 Å². The maximum Gasteiger partial charge on any atom is 0.408 e. The van der Waals surface area contributed by atoms with E-state index in [1.807, 2.05) is 38.1 Å². The number of cyclic esters (lactones) is 1. The summed E-state index contributed by atoms with van der Waals surface area (Å²) in [6, 6.07) is 8.09. The van der Waals surface area contributed by atoms with Crippen LogP contribution >= 0.6 is 0 Å². The molecule has 1 aromatic carbocycles. The number of rotatable bonds is 5. The van der Waals surface area contributed by atoms with E-state index in [1.165, 1.54) is 0 Å². The number of carbonyl (C=O) groups excluding carboxylic acids is 1. The molecule has 1 amide bonds. The number of aryl methyl sites for hydroxylation is 2. The highest BCUT2D eigenvalue weighted by Crippen LogP contribution is 2.30. The topological polar surface area (TPSA) is 76.4 Å². The van der Waals surface area contributed by atoms with Crippen molar-refractivity contribution < 1.29 is 14.1 Å². The predicted octanol–water partition coefficient (Wildman–Crippen LogP) is 3.67. The number of alkyl carbamates (subject to hydrolysis) is 1. The molecule has 3 rings (SSSR count). The zero-order valence-corrected chi connectivity index (χ0v) is 14.5. The van der Waals surface area contributed by atoms with E-state index in [9.17, 15) is 4.79 Å². The average Bonchev–Trinajstić information content (AvgIpc) is 3.10. The Morgan fingerprint density at radius 3 is 2.92 bits per heavy atom. The predicted molar refractivity (Wildman–Crippen MR) is 90.9 cm³/mol. The Balaban J connectivity index is 1.82. The highest BCUT2D eigenvalue weighted by molar-refractivity contribution is 5.71. The van der Waals surface area contributed by atoms with Gasteiger partial charge in [0.25, 0.3) is 0 Å². The number of ether oxygens (including phenoxy) is 1. The minimum absolute atomic E-state index is 0.0728. The van der Waals surface area contributed by atoms with E-state index in [0.29, 0.717) is 6.61 Å². The lowest BCUT2D eigenvalue weighted by molar-refractivity contribution is 0.173. The third-order valence-corrected chi connectivity index (χ3v) is 4.50. The monoisotopic (exact) mass is 329 g/mol. The highest BCUT2D eigenvalue weighted by atomic mass is 16.6. The van der Waals surface area contributed by atoms with Crippen molar-refractivity contribution in [1.82, 2.24) is 10.5 Å². The van der Waals surface area contributed by atoms with E-state index in [-0.39, 0.29) is 12.1 Å². The Morgan fingerprint density at radius 2 is 2.25 bits per heavy atom. The van der Waals surface area contributed by atoms with Gasteiger partial charge in [-0.1, -0.05) is 24.2 Å². The quantitative estimate of drug-likeness (QED) is 0.875. The van der Waals surface area contributed by atoms with Crippen molar-refractivity contribution >= 4 is 11.8 Å². The lowest BCUT2D eigenvalue weighted by Gasteiger charge is -2.23. The number of hydrogen-bond donors (Lipinski definition) is 2. The smallest absolute Gasteiger partial charge is 0.408 e. The van der Waals surface area contributed by atoms with Crippen LogP contribution in [-0.4, -0.2) is 17.9 Å². The van der Waals surface area contributed by atoms with Crippen LogP contribution in [0.25, 0.3) is 0 Å². The Hall–Kier alpha value is -2.50. The van der Waals surface area contributed by atoms with Crippen LogP contribution in [-0.2, 0) is 16.7 Å². The Morgan fingerprint density at radius 1 is 1.46 bits per heavy atom. The van der Waals surface area contributed by atoms with Gasteiger partial charge in [-0.15, -0.1) is 0 Å². The number of benzene rings is 1. The molecular weight excluding hydrogens is 306 g/mol. The summed E-state index contributed by atoms with van der Waals surface area (Å²) in [5.74, 6) is 0.839. The minimum Gasteiger partial charge on any atom is -0.447 e. The first-order valence-electron chi connectivity index (χ1n) is 8.20. The fourth-order valence-electron chi connectivity index (χ4n) is 3.17. The van der Waals surface area contributed by atoms with Crippen LogP contribution in [0.3, 0.4) is 0 Å². The summed E-state index contributed by atoms with van der Waals surface area (Å²) in [7, 11) is 0. The zero-order chi connectivity index (χ0) is 17.3. The molecule has 2 aromatic rings. The summed E-state index contributed by atoms with van der Waals surface area (Å²) in [6.07, 6.45) is 0.456. The van der Waals surface area contributed by atoms with Crippen LogP contribution in [0, 0.1) is 6.92 Å². The third-order valence-electron chi connectivity index (χ3n) is 4.50. The molecule has 0 aliphatic carbocycles. The summed E-state index contributed by atoms with van der Waals surface area (Å²) in [4.78, 5) is 11.4. The lowest BCUT2D eigenvalue weighted by Crippen LogP contribution is -2.37. The molecule has 24 heavy (non-hydrogen) atoms. The molecule has 0 saturated carbocycles. The standard InChI is InChI=1S/C18H23N3O3/c1-5-15-16(12(3)24-21-15)11(2)19-14-8-6-7-13(9-14)18(4)10-23-17(22)20-18/h6-9,11,19H,5,10H2,1-4H3,(H,20,22). The SMILES string of the molecule is CCc1noc(C)c1C(C)Nc1cccc(C2(C)COC(=O)N2)c1. The van der Waals surface area contributed by atoms with Crippen LogP contribution in [0.1, 0.15) is 49.4 Å². The number of hydrogen-bond acceptors (Lipinski definition) is 5. The number of amides is 1. The summed E-state index contributed by atoms with van der Waals surface area (Å²) in [5, 5.41) is 10.5. The number of nitrogens with zero attached hydrogens (tertiary/aromatic N) is 1. The van der Waals surface area contributed by atoms with Gasteiger partial charge < -0.3 is 19.9 Å². The van der Waals surface area contributed by atoms with E-state index in [0.717, 1.165) is 34.7 Å². The fourth-order valence-corrected chi connectivity index (χ4v) is 3.17. The molecule has 1 aromatic heterocycles. The zero-order valence-electron chi connectivity index (χ0n) is 14.5. The number of nitrogens with one attached hydrogen (secondary N) is 2. The number of carbonyl (C=O) groups is 1. The van der Waals surface area contributed by atoms with Crippen molar-refractivity contribution in [3.05, 3.63) is 46.8 Å². The molecule has 2 heterocycles. The molecule has 0 radical (unpaired) electrons. The number of aromatic nitrogens is 1. The van der Waals surface area contributed by atoms with Crippen molar-refractivity contribution in [3.63, 3.8) is 0 Å². The summed E-state index contributed by atoms with van der Waals surface area (Å²) in [6.45, 7) is 8.38. The Bertz CT molecular complexity index is 756. The van der Waals surface area contributed by atoms with Crippen LogP contribution < -0.4 is 10.6 Å². The summed E-state index contributed by atoms with van der Waals surface area (Å²) >= 11 is 0. The highest BCUT2D eigenvalue weighted by Gasteiger charge is 2.36. The van der Waals surface area contributed by atoms with E-state index < -0.39 is 5.54 Å². The minimum atomic E-state index is -0.500. The summed E-state index contributed by atoms with van der Waals surface area (Å²) < 4.78 is 10.4. The van der Waals surface area contributed by atoms with Gasteiger partial charge in [0.1, 0.15) is 12.4 Å². The molecule has 0 spiro atoms. The molecule has 1 aliphatic rings. The second kappa shape index (κ2) is 6.19. The van der Waals surface area contributed by atoms with Crippen LogP contribution in [0.5, 0.6) is 0 Å². The van der Waals surface area contributed by atoms with Crippen molar-refractivity contribution in [2.24, 2.45) is 0 Å². The van der Waals surface area contributed by atoms with Crippen LogP contribution in [0.2, 0.25) is 0 Å². The maximum atomic E-state index is 11.4. The molecule has 1 saturated heterocycles. The molecule has 2 unspecified atom stereocenters. The first-order chi connectivity index (χ1) is 11.4. The lowest BCUT2D eigenvalue weighted by atomic mass is 9.93. The van der Waals surface area contributed by atoms with Gasteiger partial charge in [0, 0.05) is 11.3 Å². The molecule has 2 N–H and O–H groups in total. The van der Waals surface area contributed by atoms with Crippen molar-refractivity contribution in [2.45, 2.75) is 45.7 Å². The number of anilines is 1. The van der Waals surface area contributed by atoms with Crippen molar-refractivity contribution in [2.75, 3.05) is 11.9 Å². The van der Waals surface area contributed by atoms with E-state index in [4.69, 9.17) is 9.26 Å². The van der Waals surface area contributed by atoms with Gasteiger partial charge in [-0.25, -0.2) is 4.79 Å². The fraction of sp³-hybridized carbons (Fsp3) is 0.444. The van der Waals surface area contributed by atoms with Crippen LogP contribution in [0.15, 0.2) is 28.8 Å². The Labute approximate surface area is 141 Å². The van der Waals surface area contributed by atoms with E-state index >= 15 is 0 Å². The van der Waals surface area contributed by atoms with Crippen LogP contribution in [0.4, 0.5) is 10.5 Å². The third kappa shape index (κ3) is 2.96. The van der Waals surface area contributed by atoms with Gasteiger partial charge in [-0.3, -0.25) is 0 Å². The largest absolute Gasteiger partial charge is 0.447 e. The molecule has 1 fully saturated rings. The Kier molecular flexibility index (Phi) is 4.22. The van der Waals surface area contributed by atoms with Gasteiger partial charge in [-0.05, 0) is 44.9 Å². The maximum absolute atomic E-state index is 11.4. The van der Waals surface area contributed by atoms with Gasteiger partial charge in [0.15, 0.2) is 0 Å².